The summed E-state index contributed by atoms with van der Waals surface area (Å²) in [5.74, 6) is 2.28. The number of methoxy groups -OCH3 is 1. The largest absolute Gasteiger partial charge is 0.497 e. The highest BCUT2D eigenvalue weighted by Crippen LogP contribution is 2.24. The first-order valence-electron chi connectivity index (χ1n) is 6.08. The molecule has 0 bridgehead atoms. The number of aryl methyl sites for hydroxylation is 1. The number of aromatic nitrogens is 2. The Bertz CT molecular complexity index is 570. The molecule has 19 heavy (non-hydrogen) atoms. The highest BCUT2D eigenvalue weighted by molar-refractivity contribution is 6.30. The molecule has 0 atom stereocenters. The second-order valence-corrected chi connectivity index (χ2v) is 4.47. The van der Waals surface area contributed by atoms with Crippen LogP contribution in [0.2, 0.25) is 5.15 Å². The molecule has 1 aromatic carbocycles. The molecular formula is C14H16ClN3O. The van der Waals surface area contributed by atoms with E-state index in [4.69, 9.17) is 16.3 Å². The summed E-state index contributed by atoms with van der Waals surface area (Å²) in [5, 5.41) is 3.74. The molecule has 1 aromatic heterocycles. The fourth-order valence-corrected chi connectivity index (χ4v) is 1.81. The van der Waals surface area contributed by atoms with Crippen LogP contribution in [0.15, 0.2) is 24.3 Å². The summed E-state index contributed by atoms with van der Waals surface area (Å²) >= 11 is 6.10. The third-order valence-electron chi connectivity index (χ3n) is 2.80. The van der Waals surface area contributed by atoms with Crippen LogP contribution in [0.5, 0.6) is 5.75 Å². The lowest BCUT2D eigenvalue weighted by atomic mass is 10.2. The Morgan fingerprint density at radius 2 is 1.89 bits per heavy atom. The van der Waals surface area contributed by atoms with Gasteiger partial charge in [-0.05, 0) is 31.2 Å². The average molecular weight is 278 g/mol. The lowest BCUT2D eigenvalue weighted by molar-refractivity contribution is 0.415. The second kappa shape index (κ2) is 5.89. The molecule has 0 amide bonds. The van der Waals surface area contributed by atoms with Gasteiger partial charge in [-0.2, -0.15) is 0 Å². The third kappa shape index (κ3) is 3.15. The highest BCUT2D eigenvalue weighted by Gasteiger charge is 2.08. The van der Waals surface area contributed by atoms with Crippen LogP contribution in [-0.4, -0.2) is 17.1 Å². The zero-order valence-electron chi connectivity index (χ0n) is 11.2. The summed E-state index contributed by atoms with van der Waals surface area (Å²) in [7, 11) is 1.64. The first-order valence-corrected chi connectivity index (χ1v) is 6.46. The molecule has 0 unspecified atom stereocenters. The number of benzene rings is 1. The standard InChI is InChI=1S/C14H16ClN3O/c1-4-12-17-13(15)9(2)14(18-12)16-10-5-7-11(19-3)8-6-10/h5-8H,4H2,1-3H3,(H,16,17,18). The van der Waals surface area contributed by atoms with Crippen molar-refractivity contribution in [3.8, 4) is 5.75 Å². The molecular weight excluding hydrogens is 262 g/mol. The summed E-state index contributed by atoms with van der Waals surface area (Å²) in [6.07, 6.45) is 0.747. The van der Waals surface area contributed by atoms with Crippen LogP contribution in [0.25, 0.3) is 0 Å². The van der Waals surface area contributed by atoms with Crippen molar-refractivity contribution in [2.75, 3.05) is 12.4 Å². The van der Waals surface area contributed by atoms with Gasteiger partial charge in [0, 0.05) is 17.7 Å². The van der Waals surface area contributed by atoms with Gasteiger partial charge in [0.25, 0.3) is 0 Å². The molecule has 2 rings (SSSR count). The van der Waals surface area contributed by atoms with Gasteiger partial charge in [0.2, 0.25) is 0 Å². The predicted octanol–water partition coefficient (Wildman–Crippen LogP) is 3.75. The minimum atomic E-state index is 0.489. The molecule has 0 aliphatic rings. The van der Waals surface area contributed by atoms with Crippen LogP contribution in [0.3, 0.4) is 0 Å². The van der Waals surface area contributed by atoms with E-state index in [0.717, 1.165) is 35.1 Å². The van der Waals surface area contributed by atoms with E-state index in [1.54, 1.807) is 7.11 Å². The van der Waals surface area contributed by atoms with Gasteiger partial charge >= 0.3 is 0 Å². The van der Waals surface area contributed by atoms with Crippen molar-refractivity contribution in [1.82, 2.24) is 9.97 Å². The number of rotatable bonds is 4. The monoisotopic (exact) mass is 277 g/mol. The Morgan fingerprint density at radius 3 is 2.47 bits per heavy atom. The smallest absolute Gasteiger partial charge is 0.138 e. The molecule has 5 heteroatoms. The molecule has 0 saturated carbocycles. The Morgan fingerprint density at radius 1 is 1.21 bits per heavy atom. The van der Waals surface area contributed by atoms with Crippen molar-refractivity contribution in [1.29, 1.82) is 0 Å². The lowest BCUT2D eigenvalue weighted by Crippen LogP contribution is -2.03. The van der Waals surface area contributed by atoms with Gasteiger partial charge in [0.05, 0.1) is 7.11 Å². The maximum absolute atomic E-state index is 6.10. The van der Waals surface area contributed by atoms with Gasteiger partial charge < -0.3 is 10.1 Å². The van der Waals surface area contributed by atoms with Crippen molar-refractivity contribution in [3.05, 3.63) is 40.8 Å². The minimum absolute atomic E-state index is 0.489. The number of halogens is 1. The zero-order chi connectivity index (χ0) is 13.8. The summed E-state index contributed by atoms with van der Waals surface area (Å²) in [6, 6.07) is 7.64. The van der Waals surface area contributed by atoms with Crippen molar-refractivity contribution >= 4 is 23.1 Å². The average Bonchev–Trinajstić information content (AvgIpc) is 2.44. The molecule has 0 aliphatic heterocycles. The Kier molecular flexibility index (Phi) is 4.22. The van der Waals surface area contributed by atoms with Gasteiger partial charge in [-0.1, -0.05) is 18.5 Å². The molecule has 100 valence electrons. The molecule has 0 spiro atoms. The van der Waals surface area contributed by atoms with Crippen LogP contribution >= 0.6 is 11.6 Å². The SMILES string of the molecule is CCc1nc(Cl)c(C)c(Nc2ccc(OC)cc2)n1. The van der Waals surface area contributed by atoms with E-state index in [-0.39, 0.29) is 0 Å². The number of hydrogen-bond donors (Lipinski definition) is 1. The number of nitrogens with one attached hydrogen (secondary N) is 1. The van der Waals surface area contributed by atoms with E-state index >= 15 is 0 Å². The van der Waals surface area contributed by atoms with E-state index in [1.165, 1.54) is 0 Å². The highest BCUT2D eigenvalue weighted by atomic mass is 35.5. The Labute approximate surface area is 117 Å². The maximum Gasteiger partial charge on any atom is 0.138 e. The van der Waals surface area contributed by atoms with E-state index in [0.29, 0.717) is 5.15 Å². The van der Waals surface area contributed by atoms with Crippen LogP contribution in [0.4, 0.5) is 11.5 Å². The lowest BCUT2D eigenvalue weighted by Gasteiger charge is -2.11. The van der Waals surface area contributed by atoms with Crippen LogP contribution in [0.1, 0.15) is 18.3 Å². The first kappa shape index (κ1) is 13.6. The van der Waals surface area contributed by atoms with Gasteiger partial charge in [-0.15, -0.1) is 0 Å². The van der Waals surface area contributed by atoms with E-state index in [1.807, 2.05) is 38.1 Å². The van der Waals surface area contributed by atoms with E-state index in [9.17, 15) is 0 Å². The number of nitrogens with zero attached hydrogens (tertiary/aromatic N) is 2. The van der Waals surface area contributed by atoms with Crippen molar-refractivity contribution < 1.29 is 4.74 Å². The van der Waals surface area contributed by atoms with Gasteiger partial charge in [-0.25, -0.2) is 9.97 Å². The third-order valence-corrected chi connectivity index (χ3v) is 3.17. The predicted molar refractivity (Wildman–Crippen MR) is 77.4 cm³/mol. The summed E-state index contributed by atoms with van der Waals surface area (Å²) in [5.41, 5.74) is 1.77. The van der Waals surface area contributed by atoms with Crippen LogP contribution in [-0.2, 0) is 6.42 Å². The number of anilines is 2. The molecule has 4 nitrogen and oxygen atoms in total. The van der Waals surface area contributed by atoms with Crippen molar-refractivity contribution in [3.63, 3.8) is 0 Å². The van der Waals surface area contributed by atoms with Crippen LogP contribution < -0.4 is 10.1 Å². The molecule has 0 saturated heterocycles. The van der Waals surface area contributed by atoms with Gasteiger partial charge in [0.1, 0.15) is 22.5 Å². The second-order valence-electron chi connectivity index (χ2n) is 4.11. The topological polar surface area (TPSA) is 47.0 Å². The Balaban J connectivity index is 2.28. The van der Waals surface area contributed by atoms with Crippen molar-refractivity contribution in [2.45, 2.75) is 20.3 Å². The first-order chi connectivity index (χ1) is 9.13. The Hall–Kier alpha value is -1.81. The molecule has 1 N–H and O–H groups in total. The van der Waals surface area contributed by atoms with Gasteiger partial charge in [-0.3, -0.25) is 0 Å². The van der Waals surface area contributed by atoms with E-state index in [2.05, 4.69) is 15.3 Å². The van der Waals surface area contributed by atoms with Gasteiger partial charge in [0.15, 0.2) is 0 Å². The quantitative estimate of drug-likeness (QED) is 0.865. The molecule has 0 radical (unpaired) electrons. The molecule has 1 heterocycles. The number of hydrogen-bond acceptors (Lipinski definition) is 4. The fourth-order valence-electron chi connectivity index (χ4n) is 1.62. The number of ether oxygens (including phenoxy) is 1. The summed E-state index contributed by atoms with van der Waals surface area (Å²) in [4.78, 5) is 8.67. The maximum atomic E-state index is 6.10. The van der Waals surface area contributed by atoms with E-state index < -0.39 is 0 Å². The van der Waals surface area contributed by atoms with Crippen LogP contribution in [0, 0.1) is 6.92 Å². The van der Waals surface area contributed by atoms with Crippen molar-refractivity contribution in [2.24, 2.45) is 0 Å². The normalized spacial score (nSPS) is 10.3. The molecule has 0 aliphatic carbocycles. The molecule has 0 fully saturated rings. The summed E-state index contributed by atoms with van der Waals surface area (Å²) < 4.78 is 5.12. The summed E-state index contributed by atoms with van der Waals surface area (Å²) in [6.45, 7) is 3.89. The minimum Gasteiger partial charge on any atom is -0.497 e. The molecule has 2 aromatic rings. The zero-order valence-corrected chi connectivity index (χ0v) is 12.0. The fraction of sp³-hybridized carbons (Fsp3) is 0.286.